The zero-order chi connectivity index (χ0) is 21.3. The largest absolute Gasteiger partial charge is 0.464 e. The number of halogens is 3. The van der Waals surface area contributed by atoms with E-state index >= 15 is 0 Å². The van der Waals surface area contributed by atoms with E-state index in [0.717, 1.165) is 22.6 Å². The third-order valence-electron chi connectivity index (χ3n) is 4.65. The van der Waals surface area contributed by atoms with Gasteiger partial charge in [0.05, 0.1) is 18.4 Å². The van der Waals surface area contributed by atoms with Crippen molar-refractivity contribution in [3.8, 4) is 0 Å². The fourth-order valence-corrected chi connectivity index (χ4v) is 2.83. The molecule has 0 saturated heterocycles. The van der Waals surface area contributed by atoms with Gasteiger partial charge in [0.1, 0.15) is 5.58 Å². The highest BCUT2D eigenvalue weighted by molar-refractivity contribution is 5.95. The summed E-state index contributed by atoms with van der Waals surface area (Å²) < 4.78 is 50.5. The van der Waals surface area contributed by atoms with Crippen LogP contribution in [0.3, 0.4) is 0 Å². The van der Waals surface area contributed by atoms with E-state index in [-0.39, 0.29) is 6.42 Å². The van der Waals surface area contributed by atoms with Gasteiger partial charge in [-0.2, -0.15) is 0 Å². The van der Waals surface area contributed by atoms with Gasteiger partial charge < -0.3 is 14.5 Å². The maximum absolute atomic E-state index is 13.7. The van der Waals surface area contributed by atoms with Gasteiger partial charge in [0.2, 0.25) is 0 Å². The summed E-state index contributed by atoms with van der Waals surface area (Å²) in [7, 11) is 0. The van der Waals surface area contributed by atoms with Crippen molar-refractivity contribution in [2.45, 2.75) is 33.3 Å². The molecular formula is C21H18F3NO4. The third-order valence-corrected chi connectivity index (χ3v) is 4.65. The molecule has 0 bridgehead atoms. The van der Waals surface area contributed by atoms with Crippen LogP contribution in [-0.4, -0.2) is 18.0 Å². The first-order valence-corrected chi connectivity index (χ1v) is 8.79. The minimum Gasteiger partial charge on any atom is -0.464 e. The number of anilines is 1. The standard InChI is InChI=1S/C21H18F3NO4/c1-10-4-5-14-13(9-28-20(14)11(10)2)8-17(26)29-12(3)21(27)25-16-7-6-15(22)18(23)19(16)24/h4-7,9,12H,8H2,1-3H3,(H,25,27)/t12-/m1/s1. The molecule has 1 heterocycles. The van der Waals surface area contributed by atoms with Crippen molar-refractivity contribution in [1.29, 1.82) is 0 Å². The zero-order valence-electron chi connectivity index (χ0n) is 15.9. The number of ether oxygens (including phenoxy) is 1. The molecule has 5 nitrogen and oxygen atoms in total. The number of hydrogen-bond donors (Lipinski definition) is 1. The van der Waals surface area contributed by atoms with Crippen LogP contribution >= 0.6 is 0 Å². The molecule has 0 fully saturated rings. The van der Waals surface area contributed by atoms with E-state index in [0.29, 0.717) is 17.2 Å². The van der Waals surface area contributed by atoms with Gasteiger partial charge in [0, 0.05) is 10.9 Å². The molecule has 0 saturated carbocycles. The SMILES string of the molecule is Cc1ccc2c(CC(=O)O[C@H](C)C(=O)Nc3ccc(F)c(F)c3F)coc2c1C. The minimum absolute atomic E-state index is 0.132. The smallest absolute Gasteiger partial charge is 0.311 e. The summed E-state index contributed by atoms with van der Waals surface area (Å²) in [6.07, 6.45) is 0.0454. The van der Waals surface area contributed by atoms with Gasteiger partial charge in [-0.1, -0.05) is 12.1 Å². The maximum atomic E-state index is 13.7. The van der Waals surface area contributed by atoms with Crippen molar-refractivity contribution in [1.82, 2.24) is 0 Å². The predicted octanol–water partition coefficient (Wildman–Crippen LogP) is 4.58. The molecule has 0 unspecified atom stereocenters. The second kappa shape index (κ2) is 7.98. The lowest BCUT2D eigenvalue weighted by Crippen LogP contribution is -2.30. The van der Waals surface area contributed by atoms with E-state index in [9.17, 15) is 22.8 Å². The number of nitrogens with one attached hydrogen (secondary N) is 1. The number of rotatable bonds is 5. The molecule has 3 aromatic rings. The number of aryl methyl sites for hydroxylation is 2. The lowest BCUT2D eigenvalue weighted by atomic mass is 10.0. The van der Waals surface area contributed by atoms with Crippen molar-refractivity contribution in [2.75, 3.05) is 5.32 Å². The van der Waals surface area contributed by atoms with Crippen LogP contribution in [0.15, 0.2) is 34.9 Å². The van der Waals surface area contributed by atoms with Gasteiger partial charge in [0.25, 0.3) is 5.91 Å². The lowest BCUT2D eigenvalue weighted by Gasteiger charge is -2.14. The number of benzene rings is 2. The average Bonchev–Trinajstić information content (AvgIpc) is 3.08. The third kappa shape index (κ3) is 4.11. The topological polar surface area (TPSA) is 68.5 Å². The maximum Gasteiger partial charge on any atom is 0.311 e. The first-order valence-electron chi connectivity index (χ1n) is 8.79. The molecular weight excluding hydrogens is 387 g/mol. The Morgan fingerprint density at radius 1 is 1.10 bits per heavy atom. The number of carbonyl (C=O) groups is 2. The molecule has 152 valence electrons. The molecule has 0 aliphatic rings. The van der Waals surface area contributed by atoms with Gasteiger partial charge in [-0.25, -0.2) is 13.2 Å². The second-order valence-electron chi connectivity index (χ2n) is 6.67. The van der Waals surface area contributed by atoms with Gasteiger partial charge in [-0.3, -0.25) is 9.59 Å². The normalized spacial score (nSPS) is 12.1. The Kier molecular flexibility index (Phi) is 5.63. The first-order chi connectivity index (χ1) is 13.7. The highest BCUT2D eigenvalue weighted by Gasteiger charge is 2.22. The molecule has 1 aromatic heterocycles. The number of furan rings is 1. The van der Waals surface area contributed by atoms with E-state index < -0.39 is 41.1 Å². The molecule has 0 aliphatic heterocycles. The van der Waals surface area contributed by atoms with Crippen LogP contribution < -0.4 is 5.32 Å². The number of fused-ring (bicyclic) bond motifs is 1. The van der Waals surface area contributed by atoms with Gasteiger partial charge >= 0.3 is 5.97 Å². The number of hydrogen-bond acceptors (Lipinski definition) is 4. The van der Waals surface area contributed by atoms with E-state index in [4.69, 9.17) is 9.15 Å². The highest BCUT2D eigenvalue weighted by Crippen LogP contribution is 2.27. The average molecular weight is 405 g/mol. The molecule has 29 heavy (non-hydrogen) atoms. The van der Waals surface area contributed by atoms with Crippen LogP contribution in [-0.2, 0) is 20.7 Å². The quantitative estimate of drug-likeness (QED) is 0.498. The van der Waals surface area contributed by atoms with Crippen molar-refractivity contribution < 1.29 is 31.9 Å². The van der Waals surface area contributed by atoms with Crippen LogP contribution in [0.5, 0.6) is 0 Å². The van der Waals surface area contributed by atoms with E-state index in [1.54, 1.807) is 0 Å². The number of amides is 1. The second-order valence-corrected chi connectivity index (χ2v) is 6.67. The molecule has 1 atom stereocenters. The Morgan fingerprint density at radius 3 is 2.55 bits per heavy atom. The Balaban J connectivity index is 1.66. The Labute approximate surface area is 164 Å². The van der Waals surface area contributed by atoms with Crippen LogP contribution in [0.25, 0.3) is 11.0 Å². The van der Waals surface area contributed by atoms with Gasteiger partial charge in [-0.15, -0.1) is 0 Å². The lowest BCUT2D eigenvalue weighted by molar-refractivity contribution is -0.152. The number of carbonyl (C=O) groups excluding carboxylic acids is 2. The molecule has 1 N–H and O–H groups in total. The molecule has 2 aromatic carbocycles. The van der Waals surface area contributed by atoms with Crippen molar-refractivity contribution in [3.63, 3.8) is 0 Å². The zero-order valence-corrected chi connectivity index (χ0v) is 15.9. The summed E-state index contributed by atoms with van der Waals surface area (Å²) in [5.74, 6) is -6.19. The van der Waals surface area contributed by atoms with Crippen LogP contribution in [0, 0.1) is 31.3 Å². The summed E-state index contributed by atoms with van der Waals surface area (Å²) >= 11 is 0. The summed E-state index contributed by atoms with van der Waals surface area (Å²) in [5, 5.41) is 2.84. The summed E-state index contributed by atoms with van der Waals surface area (Å²) in [6.45, 7) is 5.14. The van der Waals surface area contributed by atoms with E-state index in [1.165, 1.54) is 13.2 Å². The van der Waals surface area contributed by atoms with E-state index in [2.05, 4.69) is 5.32 Å². The minimum atomic E-state index is -1.70. The predicted molar refractivity (Wildman–Crippen MR) is 99.9 cm³/mol. The Morgan fingerprint density at radius 2 is 1.83 bits per heavy atom. The molecule has 0 radical (unpaired) electrons. The van der Waals surface area contributed by atoms with E-state index in [1.807, 2.05) is 26.0 Å². The van der Waals surface area contributed by atoms with Crippen molar-refractivity contribution in [3.05, 3.63) is 64.7 Å². The summed E-state index contributed by atoms with van der Waals surface area (Å²) in [4.78, 5) is 24.3. The Hall–Kier alpha value is -3.29. The molecule has 8 heteroatoms. The molecule has 1 amide bonds. The summed E-state index contributed by atoms with van der Waals surface area (Å²) in [5.41, 5.74) is 2.74. The van der Waals surface area contributed by atoms with Crippen molar-refractivity contribution >= 4 is 28.5 Å². The molecule has 3 rings (SSSR count). The first kappa shape index (κ1) is 20.4. The molecule has 0 aliphatic carbocycles. The monoisotopic (exact) mass is 405 g/mol. The van der Waals surface area contributed by atoms with Gasteiger partial charge in [-0.05, 0) is 44.0 Å². The van der Waals surface area contributed by atoms with Crippen LogP contribution in [0.4, 0.5) is 18.9 Å². The number of esters is 1. The van der Waals surface area contributed by atoms with Crippen LogP contribution in [0.1, 0.15) is 23.6 Å². The van der Waals surface area contributed by atoms with Crippen molar-refractivity contribution in [2.24, 2.45) is 0 Å². The summed E-state index contributed by atoms with van der Waals surface area (Å²) in [6, 6.07) is 5.31. The fourth-order valence-electron chi connectivity index (χ4n) is 2.83. The van der Waals surface area contributed by atoms with Crippen LogP contribution in [0.2, 0.25) is 0 Å². The van der Waals surface area contributed by atoms with Gasteiger partial charge in [0.15, 0.2) is 23.6 Å². The molecule has 0 spiro atoms. The highest BCUT2D eigenvalue weighted by atomic mass is 19.2. The fraction of sp³-hybridized carbons (Fsp3) is 0.238. The Bertz CT molecular complexity index is 1110.